The molecule has 0 aromatic heterocycles. The van der Waals surface area contributed by atoms with Crippen molar-refractivity contribution >= 4 is 21.6 Å². The number of amides is 1. The van der Waals surface area contributed by atoms with E-state index in [9.17, 15) is 13.2 Å². The van der Waals surface area contributed by atoms with Crippen LogP contribution in [-0.4, -0.2) is 51.4 Å². The predicted octanol–water partition coefficient (Wildman–Crippen LogP) is 2.04. The highest BCUT2D eigenvalue weighted by Gasteiger charge is 2.31. The number of anilines is 1. The molecule has 7 heteroatoms. The first kappa shape index (κ1) is 22.5. The molecular formula is C23H32N3O3S+. The van der Waals surface area contributed by atoms with Gasteiger partial charge in [-0.3, -0.25) is 4.79 Å². The summed E-state index contributed by atoms with van der Waals surface area (Å²) in [7, 11) is -3.50. The molecule has 0 aliphatic carbocycles. The largest absolute Gasteiger partial charge is 0.325 e. The Bertz CT molecular complexity index is 965. The second kappa shape index (κ2) is 9.73. The van der Waals surface area contributed by atoms with Gasteiger partial charge in [-0.15, -0.1) is 0 Å². The zero-order valence-corrected chi connectivity index (χ0v) is 18.8. The topological polar surface area (TPSA) is 70.9 Å². The fourth-order valence-electron chi connectivity index (χ4n) is 3.73. The van der Waals surface area contributed by atoms with Crippen LogP contribution < -0.4 is 10.2 Å². The molecule has 1 atom stereocenters. The molecule has 1 aliphatic heterocycles. The third-order valence-electron chi connectivity index (χ3n) is 5.84. The molecule has 162 valence electrons. The molecule has 6 nitrogen and oxygen atoms in total. The molecule has 1 fully saturated rings. The Labute approximate surface area is 179 Å². The van der Waals surface area contributed by atoms with Crippen LogP contribution in [0, 0.1) is 6.92 Å². The van der Waals surface area contributed by atoms with E-state index in [1.807, 2.05) is 43.3 Å². The predicted molar refractivity (Wildman–Crippen MR) is 119 cm³/mol. The van der Waals surface area contributed by atoms with Crippen molar-refractivity contribution in [1.82, 2.24) is 4.31 Å². The summed E-state index contributed by atoms with van der Waals surface area (Å²) >= 11 is 0. The highest BCUT2D eigenvalue weighted by molar-refractivity contribution is 7.89. The molecule has 3 rings (SSSR count). The van der Waals surface area contributed by atoms with Crippen molar-refractivity contribution in [2.24, 2.45) is 0 Å². The maximum atomic E-state index is 13.0. The highest BCUT2D eigenvalue weighted by atomic mass is 32.2. The maximum absolute atomic E-state index is 13.0. The lowest BCUT2D eigenvalue weighted by atomic mass is 9.99. The van der Waals surface area contributed by atoms with E-state index in [1.54, 1.807) is 12.1 Å². The number of aryl methyl sites for hydroxylation is 1. The molecule has 2 N–H and O–H groups in total. The number of piperazine rings is 1. The quantitative estimate of drug-likeness (QED) is 0.706. The van der Waals surface area contributed by atoms with Crippen molar-refractivity contribution in [1.29, 1.82) is 0 Å². The number of sulfonamides is 1. The van der Waals surface area contributed by atoms with Crippen LogP contribution in [0.3, 0.4) is 0 Å². The van der Waals surface area contributed by atoms with Crippen LogP contribution in [0.5, 0.6) is 0 Å². The molecular weight excluding hydrogens is 398 g/mol. The molecule has 1 aliphatic rings. The first-order valence-electron chi connectivity index (χ1n) is 10.6. The van der Waals surface area contributed by atoms with E-state index < -0.39 is 10.0 Å². The van der Waals surface area contributed by atoms with Crippen LogP contribution in [-0.2, 0) is 14.8 Å². The molecule has 0 unspecified atom stereocenters. The molecule has 2 aromatic rings. The monoisotopic (exact) mass is 430 g/mol. The van der Waals surface area contributed by atoms with Crippen molar-refractivity contribution in [3.8, 4) is 0 Å². The van der Waals surface area contributed by atoms with E-state index >= 15 is 0 Å². The van der Waals surface area contributed by atoms with Crippen molar-refractivity contribution in [3.05, 3.63) is 59.7 Å². The average Bonchev–Trinajstić information content (AvgIpc) is 2.73. The third-order valence-corrected chi connectivity index (χ3v) is 7.75. The maximum Gasteiger partial charge on any atom is 0.279 e. The van der Waals surface area contributed by atoms with Crippen LogP contribution in [0.2, 0.25) is 0 Å². The lowest BCUT2D eigenvalue weighted by Crippen LogP contribution is -3.15. The Hall–Kier alpha value is -2.22. The number of benzene rings is 2. The van der Waals surface area contributed by atoms with Crippen LogP contribution in [0.4, 0.5) is 5.69 Å². The Morgan fingerprint density at radius 2 is 1.80 bits per heavy atom. The minimum atomic E-state index is -3.50. The minimum Gasteiger partial charge on any atom is -0.325 e. The van der Waals surface area contributed by atoms with Gasteiger partial charge in [-0.2, -0.15) is 4.31 Å². The summed E-state index contributed by atoms with van der Waals surface area (Å²) < 4.78 is 27.5. The van der Waals surface area contributed by atoms with Gasteiger partial charge < -0.3 is 10.2 Å². The average molecular weight is 431 g/mol. The van der Waals surface area contributed by atoms with E-state index in [2.05, 4.69) is 19.2 Å². The smallest absolute Gasteiger partial charge is 0.279 e. The van der Waals surface area contributed by atoms with E-state index in [4.69, 9.17) is 0 Å². The Kier molecular flexibility index (Phi) is 7.28. The fourth-order valence-corrected chi connectivity index (χ4v) is 5.17. The summed E-state index contributed by atoms with van der Waals surface area (Å²) in [6.07, 6.45) is 1.02. The summed E-state index contributed by atoms with van der Waals surface area (Å²) in [6.45, 7) is 8.66. The second-order valence-electron chi connectivity index (χ2n) is 8.13. The SMILES string of the molecule is CC[C@@H](C)c1ccc(S(=O)(=O)N2CC[NH+](CC(=O)Nc3cccc(C)c3)CC2)cc1. The fraction of sp³-hybridized carbons (Fsp3) is 0.435. The lowest BCUT2D eigenvalue weighted by molar-refractivity contribution is -0.895. The van der Waals surface area contributed by atoms with Gasteiger partial charge in [0.2, 0.25) is 10.0 Å². The van der Waals surface area contributed by atoms with Crippen molar-refractivity contribution in [3.63, 3.8) is 0 Å². The molecule has 2 aromatic carbocycles. The van der Waals surface area contributed by atoms with Gasteiger partial charge in [-0.1, -0.05) is 38.1 Å². The molecule has 1 saturated heterocycles. The lowest BCUT2D eigenvalue weighted by Gasteiger charge is -2.31. The number of carbonyl (C=O) groups is 1. The van der Waals surface area contributed by atoms with Crippen molar-refractivity contribution < 1.29 is 18.1 Å². The van der Waals surface area contributed by atoms with Crippen LogP contribution in [0.15, 0.2) is 53.4 Å². The molecule has 1 amide bonds. The molecule has 0 saturated carbocycles. The van der Waals surface area contributed by atoms with Gasteiger partial charge in [0.15, 0.2) is 6.54 Å². The number of quaternary nitrogens is 1. The first-order valence-corrected chi connectivity index (χ1v) is 12.0. The second-order valence-corrected chi connectivity index (χ2v) is 10.1. The molecule has 0 radical (unpaired) electrons. The summed E-state index contributed by atoms with van der Waals surface area (Å²) in [6, 6.07) is 15.0. The van der Waals surface area contributed by atoms with E-state index in [0.29, 0.717) is 43.5 Å². The third kappa shape index (κ3) is 5.47. The number of carbonyl (C=O) groups excluding carboxylic acids is 1. The molecule has 0 spiro atoms. The number of nitrogens with one attached hydrogen (secondary N) is 2. The molecule has 1 heterocycles. The molecule has 0 bridgehead atoms. The van der Waals surface area contributed by atoms with Crippen molar-refractivity contribution in [2.45, 2.75) is 38.0 Å². The van der Waals surface area contributed by atoms with Gasteiger partial charge in [0, 0.05) is 5.69 Å². The Morgan fingerprint density at radius 3 is 2.40 bits per heavy atom. The standard InChI is InChI=1S/C23H31N3O3S/c1-4-19(3)20-8-10-22(11-9-20)30(28,29)26-14-12-25(13-15-26)17-23(27)24-21-7-5-6-18(2)16-21/h5-11,16,19H,4,12-15,17H2,1-3H3,(H,24,27)/p+1/t19-/m1/s1. The zero-order chi connectivity index (χ0) is 21.7. The summed E-state index contributed by atoms with van der Waals surface area (Å²) in [4.78, 5) is 13.8. The zero-order valence-electron chi connectivity index (χ0n) is 18.0. The summed E-state index contributed by atoms with van der Waals surface area (Å²) in [5.74, 6) is 0.368. The van der Waals surface area contributed by atoms with E-state index in [1.165, 1.54) is 4.31 Å². The Morgan fingerprint density at radius 1 is 1.13 bits per heavy atom. The summed E-state index contributed by atoms with van der Waals surface area (Å²) in [5, 5.41) is 2.92. The van der Waals surface area contributed by atoms with Crippen LogP contribution in [0.25, 0.3) is 0 Å². The van der Waals surface area contributed by atoms with E-state index in [-0.39, 0.29) is 5.91 Å². The van der Waals surface area contributed by atoms with Crippen molar-refractivity contribution in [2.75, 3.05) is 38.0 Å². The van der Waals surface area contributed by atoms with Gasteiger partial charge in [0.1, 0.15) is 0 Å². The molecule has 30 heavy (non-hydrogen) atoms. The van der Waals surface area contributed by atoms with Gasteiger partial charge in [0.05, 0.1) is 31.1 Å². The van der Waals surface area contributed by atoms with Crippen LogP contribution >= 0.6 is 0 Å². The van der Waals surface area contributed by atoms with Gasteiger partial charge in [-0.25, -0.2) is 8.42 Å². The minimum absolute atomic E-state index is 0.0486. The highest BCUT2D eigenvalue weighted by Crippen LogP contribution is 2.22. The number of hydrogen-bond acceptors (Lipinski definition) is 3. The first-order chi connectivity index (χ1) is 14.3. The number of rotatable bonds is 7. The number of hydrogen-bond donors (Lipinski definition) is 2. The normalized spacial score (nSPS) is 16.9. The van der Waals surface area contributed by atoms with Gasteiger partial charge >= 0.3 is 0 Å². The number of nitrogens with zero attached hydrogens (tertiary/aromatic N) is 1. The van der Waals surface area contributed by atoms with Gasteiger partial charge in [0.25, 0.3) is 5.91 Å². The summed E-state index contributed by atoms with van der Waals surface area (Å²) in [5.41, 5.74) is 3.04. The van der Waals surface area contributed by atoms with Crippen LogP contribution in [0.1, 0.15) is 37.3 Å². The Balaban J connectivity index is 1.54. The van der Waals surface area contributed by atoms with Gasteiger partial charge in [-0.05, 0) is 54.7 Å². The van der Waals surface area contributed by atoms with E-state index in [0.717, 1.165) is 28.1 Å².